The third-order valence-corrected chi connectivity index (χ3v) is 16.6. The van der Waals surface area contributed by atoms with Gasteiger partial charge < -0.3 is 14.2 Å². The fourth-order valence-electron chi connectivity index (χ4n) is 7.71. The molecule has 3 aliphatic rings. The first-order chi connectivity index (χ1) is 32.7. The van der Waals surface area contributed by atoms with Gasteiger partial charge in [0.15, 0.2) is 5.57 Å². The van der Waals surface area contributed by atoms with Crippen molar-refractivity contribution in [2.45, 2.75) is 85.4 Å². The van der Waals surface area contributed by atoms with Crippen LogP contribution in [-0.4, -0.2) is 34.4 Å². The molecule has 340 valence electrons. The van der Waals surface area contributed by atoms with Crippen molar-refractivity contribution in [3.8, 4) is 17.6 Å². The predicted octanol–water partition coefficient (Wildman–Crippen LogP) is 13.2. The maximum atomic E-state index is 14.8. The Balaban J connectivity index is 1.23. The third kappa shape index (κ3) is 10.7. The monoisotopic (exact) mass is 963 g/mol. The van der Waals surface area contributed by atoms with E-state index < -0.39 is 17.8 Å². The summed E-state index contributed by atoms with van der Waals surface area (Å²) in [6, 6.07) is 37.1. The van der Waals surface area contributed by atoms with Gasteiger partial charge in [0, 0.05) is 0 Å². The van der Waals surface area contributed by atoms with E-state index in [9.17, 15) is 19.6 Å². The quantitative estimate of drug-likeness (QED) is 0.0341. The van der Waals surface area contributed by atoms with Crippen molar-refractivity contribution in [1.82, 2.24) is 10.0 Å². The van der Waals surface area contributed by atoms with E-state index in [-0.39, 0.29) is 50.0 Å². The van der Waals surface area contributed by atoms with Gasteiger partial charge in [-0.1, -0.05) is 203 Å². The smallest absolute Gasteiger partial charge is 0.350 e. The van der Waals surface area contributed by atoms with E-state index in [0.717, 1.165) is 59.1 Å². The molecule has 8 rings (SSSR count). The summed E-state index contributed by atoms with van der Waals surface area (Å²) in [4.78, 5) is 45.9. The Morgan fingerprint density at radius 3 is 1.61 bits per heavy atom. The van der Waals surface area contributed by atoms with E-state index >= 15 is 0 Å². The molecule has 3 heterocycles. The molecule has 5 aromatic rings. The Bertz CT molecular complexity index is 2660. The van der Waals surface area contributed by atoms with Crippen molar-refractivity contribution in [3.63, 3.8) is 0 Å². The zero-order valence-corrected chi connectivity index (χ0v) is 40.6. The lowest BCUT2D eigenvalue weighted by molar-refractivity contribution is -0.149. The van der Waals surface area contributed by atoms with Crippen LogP contribution in [0.3, 0.4) is 0 Å². The molecule has 0 N–H and O–H groups in total. The SMILES string of the molecule is C=Cc1cccc(COc2c3c(c(OCc4cccc(C=C)c4)c4c2SC(=C2C(=O)N(Cc5ccccc5)N(Cc5ccccc5)C2=O)S4)SC(=C(C#N)C(=O)OCC(CC)CCCC)S3)c1. The lowest BCUT2D eigenvalue weighted by Crippen LogP contribution is -2.39. The Morgan fingerprint density at radius 1 is 0.687 bits per heavy atom. The molecule has 0 aromatic heterocycles. The minimum absolute atomic E-state index is 0.0622. The van der Waals surface area contributed by atoms with E-state index in [4.69, 9.17) is 14.2 Å². The maximum absolute atomic E-state index is 14.8. The summed E-state index contributed by atoms with van der Waals surface area (Å²) in [5.74, 6) is -0.296. The van der Waals surface area contributed by atoms with Gasteiger partial charge in [0.05, 0.1) is 47.8 Å². The minimum atomic E-state index is -0.672. The van der Waals surface area contributed by atoms with Crippen LogP contribution in [0, 0.1) is 17.2 Å². The molecule has 13 heteroatoms. The Hall–Kier alpha value is -6.04. The summed E-state index contributed by atoms with van der Waals surface area (Å²) in [6.07, 6.45) is 7.42. The topological polar surface area (TPSA) is 109 Å². The Labute approximate surface area is 409 Å². The lowest BCUT2D eigenvalue weighted by atomic mass is 10.0. The number of benzene rings is 5. The lowest BCUT2D eigenvalue weighted by Gasteiger charge is -2.27. The van der Waals surface area contributed by atoms with Gasteiger partial charge in [0.2, 0.25) is 0 Å². The first-order valence-electron chi connectivity index (χ1n) is 22.1. The van der Waals surface area contributed by atoms with Crippen LogP contribution < -0.4 is 9.47 Å². The number of fused-ring (bicyclic) bond motifs is 2. The third-order valence-electron chi connectivity index (χ3n) is 11.4. The van der Waals surface area contributed by atoms with Crippen molar-refractivity contribution < 1.29 is 28.6 Å². The van der Waals surface area contributed by atoms with Gasteiger partial charge in [-0.25, -0.2) is 14.8 Å². The average molecular weight is 964 g/mol. The molecule has 0 bridgehead atoms. The Kier molecular flexibility index (Phi) is 15.7. The highest BCUT2D eigenvalue weighted by Gasteiger charge is 2.47. The highest BCUT2D eigenvalue weighted by atomic mass is 32.2. The standard InChI is InChI=1S/C54H49N3O6S4/c1-5-9-18-37(8-4)32-63-52(60)42(29-55)53-64-46-44(61-33-40-25-16-23-35(6-2)27-40)48-49(45(47(46)65-53)62-34-41-26-17-24-36(7-3)28-41)67-54(66-48)43-50(58)56(30-38-19-12-10-13-20-38)57(51(43)59)31-39-21-14-11-15-22-39/h6-7,10-17,19-28,37H,2-3,5,8-9,18,30-34H2,1,4H3. The predicted molar refractivity (Wildman–Crippen MR) is 270 cm³/mol. The number of hydrogen-bond acceptors (Lipinski definition) is 11. The van der Waals surface area contributed by atoms with E-state index in [1.165, 1.54) is 57.1 Å². The molecule has 1 saturated heterocycles. The fraction of sp³-hybridized carbons (Fsp3) is 0.222. The molecule has 1 fully saturated rings. The second-order valence-corrected chi connectivity index (χ2v) is 20.6. The minimum Gasteiger partial charge on any atom is -0.486 e. The van der Waals surface area contributed by atoms with Gasteiger partial charge in [-0.15, -0.1) is 0 Å². The summed E-state index contributed by atoms with van der Waals surface area (Å²) in [5, 5.41) is 13.6. The molecule has 1 unspecified atom stereocenters. The number of hydrogen-bond donors (Lipinski definition) is 0. The summed E-state index contributed by atoms with van der Waals surface area (Å²) in [7, 11) is 0. The van der Waals surface area contributed by atoms with Crippen molar-refractivity contribution in [2.24, 2.45) is 5.92 Å². The highest BCUT2D eigenvalue weighted by molar-refractivity contribution is 8.26. The van der Waals surface area contributed by atoms with Crippen molar-refractivity contribution in [3.05, 3.63) is 175 Å². The number of ether oxygens (including phenoxy) is 3. The van der Waals surface area contributed by atoms with Crippen LogP contribution in [0.1, 0.15) is 72.9 Å². The molecule has 67 heavy (non-hydrogen) atoms. The molecule has 1 atom stereocenters. The van der Waals surface area contributed by atoms with E-state index in [1.807, 2.05) is 109 Å². The van der Waals surface area contributed by atoms with Gasteiger partial charge >= 0.3 is 5.97 Å². The Morgan fingerprint density at radius 2 is 1.16 bits per heavy atom. The van der Waals surface area contributed by atoms with E-state index in [2.05, 4.69) is 33.1 Å². The van der Waals surface area contributed by atoms with Crippen LogP contribution >= 0.6 is 47.0 Å². The fourth-order valence-corrected chi connectivity index (χ4v) is 13.2. The van der Waals surface area contributed by atoms with Crippen LogP contribution in [0.25, 0.3) is 12.2 Å². The van der Waals surface area contributed by atoms with Crippen molar-refractivity contribution in [2.75, 3.05) is 6.61 Å². The van der Waals surface area contributed by atoms with Crippen molar-refractivity contribution in [1.29, 1.82) is 5.26 Å². The number of nitrogens with zero attached hydrogens (tertiary/aromatic N) is 3. The molecule has 2 amide bonds. The van der Waals surface area contributed by atoms with Crippen LogP contribution in [0.4, 0.5) is 0 Å². The van der Waals surface area contributed by atoms with E-state index in [0.29, 0.717) is 39.6 Å². The second-order valence-electron chi connectivity index (χ2n) is 16.0. The number of amides is 2. The summed E-state index contributed by atoms with van der Waals surface area (Å²) in [6.45, 7) is 13.1. The largest absolute Gasteiger partial charge is 0.486 e. The van der Waals surface area contributed by atoms with Crippen LogP contribution in [0.15, 0.2) is 162 Å². The molecule has 3 aliphatic heterocycles. The number of thioether (sulfide) groups is 4. The molecular weight excluding hydrogens is 915 g/mol. The molecule has 5 aromatic carbocycles. The summed E-state index contributed by atoms with van der Waals surface area (Å²) < 4.78 is 20.5. The molecular formula is C54H49N3O6S4. The number of rotatable bonds is 19. The number of nitriles is 1. The van der Waals surface area contributed by atoms with Crippen molar-refractivity contribution >= 4 is 77.0 Å². The van der Waals surface area contributed by atoms with Crippen LogP contribution in [0.5, 0.6) is 11.5 Å². The molecule has 0 radical (unpaired) electrons. The molecule has 9 nitrogen and oxygen atoms in total. The first kappa shape index (κ1) is 47.5. The molecule has 0 saturated carbocycles. The molecule has 0 aliphatic carbocycles. The van der Waals surface area contributed by atoms with Crippen LogP contribution in [0.2, 0.25) is 0 Å². The number of carbonyl (C=O) groups is 3. The summed E-state index contributed by atoms with van der Waals surface area (Å²) in [5.41, 5.74) is 5.39. The van der Waals surface area contributed by atoms with E-state index in [1.54, 1.807) is 12.2 Å². The zero-order chi connectivity index (χ0) is 46.9. The first-order valence-corrected chi connectivity index (χ1v) is 25.4. The zero-order valence-electron chi connectivity index (χ0n) is 37.3. The van der Waals surface area contributed by atoms with Crippen LogP contribution in [-0.2, 0) is 45.4 Å². The highest BCUT2D eigenvalue weighted by Crippen LogP contribution is 2.69. The average Bonchev–Trinajstić information content (AvgIpc) is 4.05. The number of esters is 1. The normalized spacial score (nSPS) is 14.4. The van der Waals surface area contributed by atoms with Gasteiger partial charge in [-0.2, -0.15) is 5.26 Å². The number of carbonyl (C=O) groups excluding carboxylic acids is 3. The summed E-state index contributed by atoms with van der Waals surface area (Å²) >= 11 is 5.11. The number of hydrazine groups is 1. The molecule has 0 spiro atoms. The van der Waals surface area contributed by atoms with Gasteiger partial charge in [0.1, 0.15) is 36.4 Å². The second kappa shape index (κ2) is 22.2. The van der Waals surface area contributed by atoms with Gasteiger partial charge in [-0.3, -0.25) is 9.59 Å². The van der Waals surface area contributed by atoms with Gasteiger partial charge in [-0.05, 0) is 57.9 Å². The van der Waals surface area contributed by atoms with Gasteiger partial charge in [0.25, 0.3) is 11.8 Å². The number of unbranched alkanes of at least 4 members (excludes halogenated alkanes) is 1. The maximum Gasteiger partial charge on any atom is 0.350 e.